The summed E-state index contributed by atoms with van der Waals surface area (Å²) in [5, 5.41) is 33.9. The van der Waals surface area contributed by atoms with Crippen LogP contribution < -0.4 is 15.2 Å². The maximum Gasteiger partial charge on any atom is 0.390 e. The fourth-order valence-electron chi connectivity index (χ4n) is 3.09. The first-order chi connectivity index (χ1) is 17.5. The number of anilines is 3. The molecule has 0 spiro atoms. The average molecular weight is 589 g/mol. The number of hydrogen-bond donors (Lipinski definition) is 5. The number of hydroxylamine groups is 2. The number of benzene rings is 3. The average Bonchev–Trinajstić information content (AvgIpc) is 2.84. The van der Waals surface area contributed by atoms with Crippen molar-refractivity contribution in [2.45, 2.75) is 21.6 Å². The van der Waals surface area contributed by atoms with Gasteiger partial charge in [0.2, 0.25) is 0 Å². The largest absolute Gasteiger partial charge is 0.397 e. The Labute approximate surface area is 217 Å². The second-order valence-electron chi connectivity index (χ2n) is 7.67. The summed E-state index contributed by atoms with van der Waals surface area (Å²) in [5.74, 6) is 0. The van der Waals surface area contributed by atoms with Gasteiger partial charge in [0.05, 0.1) is 24.6 Å². The van der Waals surface area contributed by atoms with Crippen LogP contribution in [0.1, 0.15) is 6.92 Å². The lowest BCUT2D eigenvalue weighted by atomic mass is 10.2. The monoisotopic (exact) mass is 588 g/mol. The van der Waals surface area contributed by atoms with E-state index in [2.05, 4.69) is 5.32 Å². The van der Waals surface area contributed by atoms with Gasteiger partial charge in [-0.15, -0.1) is 4.13 Å². The van der Waals surface area contributed by atoms with E-state index in [4.69, 9.17) is 5.73 Å². The second-order valence-corrected chi connectivity index (χ2v) is 13.3. The lowest BCUT2D eigenvalue weighted by Gasteiger charge is -2.20. The molecule has 0 aliphatic carbocycles. The van der Waals surface area contributed by atoms with Crippen LogP contribution in [0.5, 0.6) is 0 Å². The molecular formula is C20H22N5O10S3+. The van der Waals surface area contributed by atoms with Crippen molar-refractivity contribution in [3.05, 3.63) is 76.8 Å². The van der Waals surface area contributed by atoms with Crippen LogP contribution >= 0.6 is 0 Å². The van der Waals surface area contributed by atoms with Crippen molar-refractivity contribution in [3.8, 4) is 0 Å². The Morgan fingerprint density at radius 1 is 0.895 bits per heavy atom. The number of nitrogen functional groups attached to an aromatic ring is 1. The Hall–Kier alpha value is -3.65. The first-order valence-electron chi connectivity index (χ1n) is 10.4. The Morgan fingerprint density at radius 3 is 2.08 bits per heavy atom. The fraction of sp³-hybridized carbons (Fsp3) is 0.100. The van der Waals surface area contributed by atoms with Gasteiger partial charge in [-0.05, 0) is 49.4 Å². The minimum Gasteiger partial charge on any atom is -0.397 e. The van der Waals surface area contributed by atoms with Crippen molar-refractivity contribution >= 4 is 52.8 Å². The number of nitro groups is 1. The van der Waals surface area contributed by atoms with Crippen molar-refractivity contribution in [3.63, 3.8) is 0 Å². The van der Waals surface area contributed by atoms with Gasteiger partial charge in [-0.1, -0.05) is 18.2 Å². The molecular weight excluding hydrogens is 566 g/mol. The highest BCUT2D eigenvalue weighted by Gasteiger charge is 2.42. The quantitative estimate of drug-likeness (QED) is 0.0988. The van der Waals surface area contributed by atoms with Gasteiger partial charge in [-0.3, -0.25) is 10.1 Å². The summed E-state index contributed by atoms with van der Waals surface area (Å²) in [6.45, 7) is 0.545. The summed E-state index contributed by atoms with van der Waals surface area (Å²) in [5.41, 5.74) is 4.17. The summed E-state index contributed by atoms with van der Waals surface area (Å²) in [7, 11) is -14.1. The third kappa shape index (κ3) is 5.75. The Balaban J connectivity index is 2.00. The van der Waals surface area contributed by atoms with E-state index in [-0.39, 0.29) is 22.0 Å². The van der Waals surface area contributed by atoms with E-state index in [1.54, 1.807) is 0 Å². The van der Waals surface area contributed by atoms with Crippen LogP contribution in [0.2, 0.25) is 0 Å². The molecule has 0 bridgehead atoms. The molecule has 0 heterocycles. The Bertz CT molecular complexity index is 1710. The normalized spacial score (nSPS) is 12.7. The molecule has 3 rings (SSSR count). The predicted molar refractivity (Wildman–Crippen MR) is 133 cm³/mol. The lowest BCUT2D eigenvalue weighted by Crippen LogP contribution is -2.46. The highest BCUT2D eigenvalue weighted by Crippen LogP contribution is 2.33. The van der Waals surface area contributed by atoms with E-state index in [0.717, 1.165) is 36.4 Å². The molecule has 0 unspecified atom stereocenters. The predicted octanol–water partition coefficient (Wildman–Crippen LogP) is 1.89. The van der Waals surface area contributed by atoms with E-state index in [0.29, 0.717) is 6.07 Å². The Morgan fingerprint density at radius 2 is 1.50 bits per heavy atom. The van der Waals surface area contributed by atoms with Crippen molar-refractivity contribution in [2.24, 2.45) is 0 Å². The lowest BCUT2D eigenvalue weighted by molar-refractivity contribution is -1.15. The summed E-state index contributed by atoms with van der Waals surface area (Å²) >= 11 is 0. The fourth-order valence-corrected chi connectivity index (χ4v) is 7.35. The molecule has 3 aromatic carbocycles. The highest BCUT2D eigenvalue weighted by atomic mass is 32.3. The summed E-state index contributed by atoms with van der Waals surface area (Å²) in [4.78, 5) is 8.98. The molecule has 0 atom stereocenters. The number of nitrogens with two attached hydrogens (primary N) is 1. The van der Waals surface area contributed by atoms with Crippen LogP contribution in [0.15, 0.2) is 81.4 Å². The number of hydrogen-bond acceptors (Lipinski definition) is 12. The summed E-state index contributed by atoms with van der Waals surface area (Å²) in [6.07, 6.45) is 0. The molecule has 38 heavy (non-hydrogen) atoms. The van der Waals surface area contributed by atoms with Crippen molar-refractivity contribution < 1.29 is 44.8 Å². The van der Waals surface area contributed by atoms with Crippen LogP contribution in [0, 0.1) is 10.1 Å². The van der Waals surface area contributed by atoms with Crippen LogP contribution in [0.4, 0.5) is 22.7 Å². The summed E-state index contributed by atoms with van der Waals surface area (Å²) in [6, 6.07) is 12.3. The van der Waals surface area contributed by atoms with Gasteiger partial charge in [-0.25, -0.2) is 16.8 Å². The number of rotatable bonds is 10. The molecule has 18 heteroatoms. The number of quaternary nitrogens is 1. The molecule has 0 aromatic heterocycles. The molecule has 0 saturated heterocycles. The maximum absolute atomic E-state index is 12.7. The van der Waals surface area contributed by atoms with Crippen LogP contribution in [-0.4, -0.2) is 51.4 Å². The SMILES string of the molecule is CC[N+](O)(O)S(=O)(=O)c1cc(Nc2ccc(S(=O)(=O)NS(=O)(=O)c3ccccc3)cc2[N+](=O)[O-])ccc1N. The minimum absolute atomic E-state index is 0.0858. The van der Waals surface area contributed by atoms with Gasteiger partial charge in [0, 0.05) is 11.8 Å². The molecule has 0 aliphatic rings. The van der Waals surface area contributed by atoms with Gasteiger partial charge < -0.3 is 11.1 Å². The third-order valence-corrected chi connectivity index (χ3v) is 10.6. The minimum atomic E-state index is -4.82. The zero-order chi connectivity index (χ0) is 28.5. The van der Waals surface area contributed by atoms with E-state index in [9.17, 15) is 45.8 Å². The van der Waals surface area contributed by atoms with Gasteiger partial charge in [0.15, 0.2) is 11.4 Å². The van der Waals surface area contributed by atoms with Crippen molar-refractivity contribution in [1.82, 2.24) is 4.13 Å². The standard InChI is InChI=1S/C20H22N5O10S3/c1-2-25(28,29)38(34,35)20-12-14(8-10-17(20)21)22-18-11-9-16(13-19(18)24(26)27)37(32,33)23-36(30,31)15-6-4-3-5-7-15/h3-13,22-23,28-29H,2,21H2,1H3/q+1. The zero-order valence-electron chi connectivity index (χ0n) is 19.4. The number of nitrogens with one attached hydrogen (secondary N) is 2. The first kappa shape index (κ1) is 28.9. The van der Waals surface area contributed by atoms with Gasteiger partial charge in [-0.2, -0.15) is 18.8 Å². The van der Waals surface area contributed by atoms with Gasteiger partial charge in [0.25, 0.3) is 25.7 Å². The molecule has 0 radical (unpaired) electrons. The number of sulfonamides is 3. The van der Waals surface area contributed by atoms with Gasteiger partial charge in [0.1, 0.15) is 5.69 Å². The molecule has 0 fully saturated rings. The first-order valence-corrected chi connectivity index (χ1v) is 14.8. The molecule has 0 saturated carbocycles. The van der Waals surface area contributed by atoms with E-state index in [1.165, 1.54) is 35.3 Å². The van der Waals surface area contributed by atoms with Crippen molar-refractivity contribution in [2.75, 3.05) is 17.6 Å². The number of nitro benzene ring substituents is 1. The molecule has 0 aliphatic heterocycles. The molecule has 3 aromatic rings. The van der Waals surface area contributed by atoms with E-state index >= 15 is 0 Å². The van der Waals surface area contributed by atoms with Crippen LogP contribution in [-0.2, 0) is 30.1 Å². The van der Waals surface area contributed by atoms with Crippen LogP contribution in [0.3, 0.4) is 0 Å². The molecule has 204 valence electrons. The highest BCUT2D eigenvalue weighted by molar-refractivity contribution is 8.04. The van der Waals surface area contributed by atoms with Crippen molar-refractivity contribution in [1.29, 1.82) is 0 Å². The third-order valence-electron chi connectivity index (χ3n) is 5.12. The van der Waals surface area contributed by atoms with E-state index in [1.807, 2.05) is 0 Å². The zero-order valence-corrected chi connectivity index (χ0v) is 21.9. The maximum atomic E-state index is 12.7. The van der Waals surface area contributed by atoms with Crippen LogP contribution in [0.25, 0.3) is 0 Å². The second kappa shape index (κ2) is 10.3. The molecule has 6 N–H and O–H groups in total. The number of nitrogens with zero attached hydrogens (tertiary/aromatic N) is 2. The topological polar surface area (TPSA) is 236 Å². The van der Waals surface area contributed by atoms with Gasteiger partial charge >= 0.3 is 10.0 Å². The molecule has 15 nitrogen and oxygen atoms in total. The molecule has 0 amide bonds. The smallest absolute Gasteiger partial charge is 0.390 e. The Kier molecular flexibility index (Phi) is 7.80. The summed E-state index contributed by atoms with van der Waals surface area (Å²) < 4.78 is 74.6. The van der Waals surface area contributed by atoms with E-state index < -0.39 is 61.2 Å².